The largest absolute Gasteiger partial charge is 0.320 e. The van der Waals surface area contributed by atoms with Gasteiger partial charge in [-0.3, -0.25) is 0 Å². The molecule has 0 saturated heterocycles. The first kappa shape index (κ1) is 12.4. The van der Waals surface area contributed by atoms with Crippen LogP contribution in [0.3, 0.4) is 0 Å². The first-order valence-corrected chi connectivity index (χ1v) is 7.04. The predicted octanol–water partition coefficient (Wildman–Crippen LogP) is 4.65. The summed E-state index contributed by atoms with van der Waals surface area (Å²) in [5, 5.41) is 2.44. The molecule has 0 aliphatic heterocycles. The molecule has 0 amide bonds. The summed E-state index contributed by atoms with van der Waals surface area (Å²) in [6.45, 7) is 0. The first-order valence-electron chi connectivity index (χ1n) is 6.25. The number of hydrogen-bond acceptors (Lipinski definition) is 1. The topological polar surface area (TPSA) is 26.0 Å². The lowest BCUT2D eigenvalue weighted by Gasteiger charge is -2.16. The molecule has 94 valence electrons. The molecule has 2 heteroatoms. The Morgan fingerprint density at radius 1 is 0.737 bits per heavy atom. The van der Waals surface area contributed by atoms with Crippen molar-refractivity contribution < 1.29 is 0 Å². The summed E-state index contributed by atoms with van der Waals surface area (Å²) in [6, 6.07) is 22.6. The Morgan fingerprint density at radius 3 is 2.21 bits per heavy atom. The van der Waals surface area contributed by atoms with Gasteiger partial charge in [-0.25, -0.2) is 0 Å². The quantitative estimate of drug-likeness (QED) is 0.732. The van der Waals surface area contributed by atoms with Gasteiger partial charge in [0, 0.05) is 4.47 Å². The Balaban J connectivity index is 2.17. The summed E-state index contributed by atoms with van der Waals surface area (Å²) in [6.07, 6.45) is 0. The molecule has 0 aliphatic carbocycles. The lowest BCUT2D eigenvalue weighted by atomic mass is 9.94. The van der Waals surface area contributed by atoms with Crippen LogP contribution >= 0.6 is 15.9 Å². The molecule has 1 unspecified atom stereocenters. The van der Waals surface area contributed by atoms with Crippen molar-refractivity contribution in [1.29, 1.82) is 0 Å². The highest BCUT2D eigenvalue weighted by Crippen LogP contribution is 2.30. The molecular weight excluding hydrogens is 298 g/mol. The minimum atomic E-state index is -0.123. The molecular formula is C17H14BrN. The van der Waals surface area contributed by atoms with Gasteiger partial charge in [-0.1, -0.05) is 76.6 Å². The average Bonchev–Trinajstić information content (AvgIpc) is 2.46. The Morgan fingerprint density at radius 2 is 1.37 bits per heavy atom. The van der Waals surface area contributed by atoms with Crippen molar-refractivity contribution in [3.05, 3.63) is 82.3 Å². The van der Waals surface area contributed by atoms with E-state index in [1.54, 1.807) is 0 Å². The highest BCUT2D eigenvalue weighted by atomic mass is 79.9. The monoisotopic (exact) mass is 311 g/mol. The van der Waals surface area contributed by atoms with E-state index in [0.717, 1.165) is 15.6 Å². The van der Waals surface area contributed by atoms with Crippen LogP contribution in [0.4, 0.5) is 0 Å². The minimum Gasteiger partial charge on any atom is -0.320 e. The first-order chi connectivity index (χ1) is 9.27. The van der Waals surface area contributed by atoms with Crippen LogP contribution in [0.1, 0.15) is 17.2 Å². The predicted molar refractivity (Wildman–Crippen MR) is 84.1 cm³/mol. The second kappa shape index (κ2) is 5.16. The second-order valence-electron chi connectivity index (χ2n) is 4.57. The molecule has 0 aliphatic rings. The molecule has 3 rings (SSSR count). The van der Waals surface area contributed by atoms with Crippen molar-refractivity contribution in [1.82, 2.24) is 0 Å². The van der Waals surface area contributed by atoms with E-state index in [2.05, 4.69) is 64.5 Å². The normalized spacial score (nSPS) is 12.5. The molecule has 3 aromatic carbocycles. The Labute approximate surface area is 121 Å². The van der Waals surface area contributed by atoms with E-state index in [0.29, 0.717) is 0 Å². The SMILES string of the molecule is NC(c1ccccc1Br)c1cccc2ccccc12. The van der Waals surface area contributed by atoms with Crippen LogP contribution in [0.5, 0.6) is 0 Å². The van der Waals surface area contributed by atoms with Crippen LogP contribution in [0.25, 0.3) is 10.8 Å². The van der Waals surface area contributed by atoms with E-state index in [1.807, 2.05) is 18.2 Å². The van der Waals surface area contributed by atoms with Crippen molar-refractivity contribution in [2.75, 3.05) is 0 Å². The number of nitrogens with two attached hydrogens (primary N) is 1. The Hall–Kier alpha value is -1.64. The average molecular weight is 312 g/mol. The maximum absolute atomic E-state index is 6.45. The maximum Gasteiger partial charge on any atom is 0.0568 e. The summed E-state index contributed by atoms with van der Waals surface area (Å²) in [5.74, 6) is 0. The van der Waals surface area contributed by atoms with Gasteiger partial charge in [0.25, 0.3) is 0 Å². The second-order valence-corrected chi connectivity index (χ2v) is 5.42. The van der Waals surface area contributed by atoms with Gasteiger partial charge in [0.2, 0.25) is 0 Å². The molecule has 2 N–H and O–H groups in total. The van der Waals surface area contributed by atoms with Crippen molar-refractivity contribution in [2.45, 2.75) is 6.04 Å². The number of fused-ring (bicyclic) bond motifs is 1. The van der Waals surface area contributed by atoms with Crippen LogP contribution in [0.15, 0.2) is 71.2 Å². The van der Waals surface area contributed by atoms with E-state index in [4.69, 9.17) is 5.73 Å². The molecule has 0 radical (unpaired) electrons. The molecule has 3 aromatic rings. The number of hydrogen-bond donors (Lipinski definition) is 1. The standard InChI is InChI=1S/C17H14BrN/c18-16-11-4-3-9-15(16)17(19)14-10-5-7-12-6-1-2-8-13(12)14/h1-11,17H,19H2. The minimum absolute atomic E-state index is 0.123. The summed E-state index contributed by atoms with van der Waals surface area (Å²) >= 11 is 3.58. The smallest absolute Gasteiger partial charge is 0.0568 e. The fourth-order valence-electron chi connectivity index (χ4n) is 2.42. The third kappa shape index (κ3) is 2.29. The molecule has 0 fully saturated rings. The fraction of sp³-hybridized carbons (Fsp3) is 0.0588. The molecule has 1 atom stereocenters. The maximum atomic E-state index is 6.45. The van der Waals surface area contributed by atoms with E-state index in [9.17, 15) is 0 Å². The summed E-state index contributed by atoms with van der Waals surface area (Å²) in [5.41, 5.74) is 8.72. The van der Waals surface area contributed by atoms with Crippen molar-refractivity contribution in [3.8, 4) is 0 Å². The van der Waals surface area contributed by atoms with Gasteiger partial charge in [0.15, 0.2) is 0 Å². The van der Waals surface area contributed by atoms with Gasteiger partial charge in [0.05, 0.1) is 6.04 Å². The van der Waals surface area contributed by atoms with Crippen molar-refractivity contribution in [2.24, 2.45) is 5.73 Å². The van der Waals surface area contributed by atoms with Crippen molar-refractivity contribution >= 4 is 26.7 Å². The summed E-state index contributed by atoms with van der Waals surface area (Å²) < 4.78 is 1.05. The lowest BCUT2D eigenvalue weighted by molar-refractivity contribution is 0.875. The molecule has 0 heterocycles. The Bertz CT molecular complexity index is 716. The van der Waals surface area contributed by atoms with Gasteiger partial charge < -0.3 is 5.73 Å². The molecule has 1 nitrogen and oxygen atoms in total. The lowest BCUT2D eigenvalue weighted by Crippen LogP contribution is -2.12. The van der Waals surface area contributed by atoms with E-state index >= 15 is 0 Å². The Kier molecular flexibility index (Phi) is 3.36. The third-order valence-electron chi connectivity index (χ3n) is 3.40. The van der Waals surface area contributed by atoms with Gasteiger partial charge in [-0.05, 0) is 28.0 Å². The molecule has 0 aromatic heterocycles. The van der Waals surface area contributed by atoms with Crippen LogP contribution in [-0.4, -0.2) is 0 Å². The zero-order valence-corrected chi connectivity index (χ0v) is 12.0. The highest BCUT2D eigenvalue weighted by molar-refractivity contribution is 9.10. The molecule has 0 spiro atoms. The third-order valence-corrected chi connectivity index (χ3v) is 4.12. The van der Waals surface area contributed by atoms with Crippen LogP contribution in [0.2, 0.25) is 0 Å². The summed E-state index contributed by atoms with van der Waals surface area (Å²) in [7, 11) is 0. The fourth-order valence-corrected chi connectivity index (χ4v) is 2.95. The van der Waals surface area contributed by atoms with Crippen molar-refractivity contribution in [3.63, 3.8) is 0 Å². The van der Waals surface area contributed by atoms with Gasteiger partial charge >= 0.3 is 0 Å². The number of halogens is 1. The van der Waals surface area contributed by atoms with E-state index in [-0.39, 0.29) is 6.04 Å². The molecule has 0 bridgehead atoms. The van der Waals surface area contributed by atoms with Gasteiger partial charge in [0.1, 0.15) is 0 Å². The molecule has 19 heavy (non-hydrogen) atoms. The van der Waals surface area contributed by atoms with Gasteiger partial charge in [-0.2, -0.15) is 0 Å². The van der Waals surface area contributed by atoms with Gasteiger partial charge in [-0.15, -0.1) is 0 Å². The summed E-state index contributed by atoms with van der Waals surface area (Å²) in [4.78, 5) is 0. The molecule has 0 saturated carbocycles. The number of rotatable bonds is 2. The zero-order chi connectivity index (χ0) is 13.2. The highest BCUT2D eigenvalue weighted by Gasteiger charge is 2.13. The number of benzene rings is 3. The van der Waals surface area contributed by atoms with E-state index < -0.39 is 0 Å². The zero-order valence-electron chi connectivity index (χ0n) is 10.4. The van der Waals surface area contributed by atoms with E-state index in [1.165, 1.54) is 10.8 Å². The van der Waals surface area contributed by atoms with Crippen LogP contribution in [-0.2, 0) is 0 Å². The van der Waals surface area contributed by atoms with Crippen LogP contribution in [0, 0.1) is 0 Å². The van der Waals surface area contributed by atoms with Crippen LogP contribution < -0.4 is 5.73 Å².